The van der Waals surface area contributed by atoms with Crippen molar-refractivity contribution in [2.45, 2.75) is 83.7 Å². The van der Waals surface area contributed by atoms with Gasteiger partial charge in [-0.3, -0.25) is 9.59 Å². The summed E-state index contributed by atoms with van der Waals surface area (Å²) in [4.78, 5) is 27.1. The average Bonchev–Trinajstić information content (AvgIpc) is 2.68. The van der Waals surface area contributed by atoms with Crippen LogP contribution >= 0.6 is 0 Å². The van der Waals surface area contributed by atoms with Gasteiger partial charge in [0, 0.05) is 11.7 Å². The number of aromatic nitrogens is 1. The number of nitrogens with zero attached hydrogens (tertiary/aromatic N) is 1. The van der Waals surface area contributed by atoms with Gasteiger partial charge in [0.25, 0.3) is 5.91 Å². The van der Waals surface area contributed by atoms with Crippen LogP contribution in [0.4, 0.5) is 0 Å². The van der Waals surface area contributed by atoms with Gasteiger partial charge in [-0.05, 0) is 73.8 Å². The zero-order chi connectivity index (χ0) is 22.3. The lowest BCUT2D eigenvalue weighted by molar-refractivity contribution is -0.114. The molecule has 5 nitrogen and oxygen atoms in total. The van der Waals surface area contributed by atoms with Crippen LogP contribution in [0.3, 0.4) is 0 Å². The van der Waals surface area contributed by atoms with Gasteiger partial charge >= 0.3 is 0 Å². The molecular formula is C27H34N2O3. The number of nitrogens with one attached hydrogen (secondary N) is 1. The molecule has 0 spiro atoms. The van der Waals surface area contributed by atoms with Crippen LogP contribution in [0, 0.1) is 16.7 Å². The van der Waals surface area contributed by atoms with Crippen molar-refractivity contribution in [1.29, 1.82) is 0 Å². The summed E-state index contributed by atoms with van der Waals surface area (Å²) in [5.41, 5.74) is 1.38. The number of pyridine rings is 1. The minimum absolute atomic E-state index is 0.141. The molecule has 0 saturated heterocycles. The van der Waals surface area contributed by atoms with E-state index in [1.165, 1.54) is 19.3 Å². The standard InChI is InChI=1S/C27H34N2O3/c1-4-6-18-13-32-21-8-5-7-19-22(21)29(18)12-20(23(19)30)24(31)28-27-11-17-9-25(2,15-27)14-26(3,10-17)16-27/h5,7-8,12,17-18H,4,6,9-11,13-16H2,1-3H3,(H,28,31). The third kappa shape index (κ3) is 2.96. The molecule has 7 rings (SSSR count). The van der Waals surface area contributed by atoms with E-state index in [1.54, 1.807) is 0 Å². The number of para-hydroxylation sites is 1. The minimum Gasteiger partial charge on any atom is -0.489 e. The molecule has 4 fully saturated rings. The summed E-state index contributed by atoms with van der Waals surface area (Å²) in [5, 5.41) is 4.03. The second-order valence-corrected chi connectivity index (χ2v) is 12.0. The van der Waals surface area contributed by atoms with Gasteiger partial charge in [0.2, 0.25) is 5.43 Å². The van der Waals surface area contributed by atoms with Crippen LogP contribution in [-0.4, -0.2) is 22.6 Å². The number of carbonyl (C=O) groups excluding carboxylic acids is 1. The van der Waals surface area contributed by atoms with Crippen molar-refractivity contribution in [3.63, 3.8) is 0 Å². The molecule has 32 heavy (non-hydrogen) atoms. The smallest absolute Gasteiger partial charge is 0.257 e. The van der Waals surface area contributed by atoms with Crippen LogP contribution in [0.2, 0.25) is 0 Å². The van der Waals surface area contributed by atoms with E-state index in [2.05, 4.69) is 30.7 Å². The van der Waals surface area contributed by atoms with Gasteiger partial charge < -0.3 is 14.6 Å². The van der Waals surface area contributed by atoms with Crippen LogP contribution in [0.25, 0.3) is 10.9 Å². The summed E-state index contributed by atoms with van der Waals surface area (Å²) in [7, 11) is 0. The molecule has 3 unspecified atom stereocenters. The molecule has 5 heteroatoms. The summed E-state index contributed by atoms with van der Waals surface area (Å²) in [6.07, 6.45) is 10.8. The lowest BCUT2D eigenvalue weighted by Crippen LogP contribution is -2.65. The highest BCUT2D eigenvalue weighted by Gasteiger charge is 2.60. The molecule has 1 amide bonds. The molecule has 1 aromatic carbocycles. The van der Waals surface area contributed by atoms with E-state index in [0.717, 1.165) is 43.4 Å². The molecule has 3 atom stereocenters. The number of benzene rings is 1. The van der Waals surface area contributed by atoms with Crippen molar-refractivity contribution >= 4 is 16.8 Å². The van der Waals surface area contributed by atoms with Gasteiger partial charge in [0.05, 0.1) is 16.9 Å². The summed E-state index contributed by atoms with van der Waals surface area (Å²) < 4.78 is 8.10. The van der Waals surface area contributed by atoms with Crippen molar-refractivity contribution in [1.82, 2.24) is 9.88 Å². The molecule has 0 radical (unpaired) electrons. The Morgan fingerprint density at radius 3 is 2.59 bits per heavy atom. The van der Waals surface area contributed by atoms with Crippen LogP contribution in [-0.2, 0) is 0 Å². The predicted molar refractivity (Wildman–Crippen MR) is 125 cm³/mol. The summed E-state index contributed by atoms with van der Waals surface area (Å²) in [6, 6.07) is 5.74. The lowest BCUT2D eigenvalue weighted by Gasteiger charge is -2.65. The molecule has 170 valence electrons. The lowest BCUT2D eigenvalue weighted by atomic mass is 9.43. The fraction of sp³-hybridized carbons (Fsp3) is 0.630. The molecule has 2 aromatic rings. The molecule has 1 aromatic heterocycles. The van der Waals surface area contributed by atoms with Gasteiger partial charge in [-0.15, -0.1) is 0 Å². The quantitative estimate of drug-likeness (QED) is 0.718. The first kappa shape index (κ1) is 20.3. The Morgan fingerprint density at radius 2 is 1.91 bits per heavy atom. The van der Waals surface area contributed by atoms with Crippen LogP contribution < -0.4 is 15.5 Å². The Morgan fingerprint density at radius 1 is 1.16 bits per heavy atom. The molecule has 4 aliphatic carbocycles. The van der Waals surface area contributed by atoms with Crippen LogP contribution in [0.5, 0.6) is 5.75 Å². The van der Waals surface area contributed by atoms with Gasteiger partial charge in [-0.2, -0.15) is 0 Å². The van der Waals surface area contributed by atoms with Crippen molar-refractivity contribution in [3.05, 3.63) is 40.2 Å². The Labute approximate surface area is 189 Å². The van der Waals surface area contributed by atoms with E-state index in [9.17, 15) is 9.59 Å². The maximum atomic E-state index is 13.7. The van der Waals surface area contributed by atoms with E-state index < -0.39 is 0 Å². The third-order valence-corrected chi connectivity index (χ3v) is 8.71. The highest BCUT2D eigenvalue weighted by molar-refractivity contribution is 5.98. The molecule has 4 saturated carbocycles. The molecule has 2 heterocycles. The Hall–Kier alpha value is -2.30. The van der Waals surface area contributed by atoms with E-state index in [4.69, 9.17) is 4.74 Å². The number of carbonyl (C=O) groups is 1. The van der Waals surface area contributed by atoms with E-state index >= 15 is 0 Å². The van der Waals surface area contributed by atoms with Gasteiger partial charge in [0.15, 0.2) is 0 Å². The monoisotopic (exact) mass is 434 g/mol. The maximum absolute atomic E-state index is 13.7. The van der Waals surface area contributed by atoms with Crippen molar-refractivity contribution in [2.24, 2.45) is 16.7 Å². The zero-order valence-corrected chi connectivity index (χ0v) is 19.5. The summed E-state index contributed by atoms with van der Waals surface area (Å²) in [6.45, 7) is 7.54. The van der Waals surface area contributed by atoms with Gasteiger partial charge in [-0.25, -0.2) is 0 Å². The largest absolute Gasteiger partial charge is 0.489 e. The second kappa shape index (κ2) is 6.61. The highest BCUT2D eigenvalue weighted by Crippen LogP contribution is 2.66. The fourth-order valence-corrected chi connectivity index (χ4v) is 8.66. The van der Waals surface area contributed by atoms with E-state index in [1.807, 2.05) is 24.4 Å². The third-order valence-electron chi connectivity index (χ3n) is 8.71. The van der Waals surface area contributed by atoms with Crippen molar-refractivity contribution in [3.8, 4) is 5.75 Å². The highest BCUT2D eigenvalue weighted by atomic mass is 16.5. The van der Waals surface area contributed by atoms with Crippen molar-refractivity contribution < 1.29 is 9.53 Å². The van der Waals surface area contributed by atoms with E-state index in [-0.39, 0.29) is 28.5 Å². The molecule has 5 aliphatic rings. The number of amides is 1. The maximum Gasteiger partial charge on any atom is 0.257 e. The normalized spacial score (nSPS) is 36.8. The van der Waals surface area contributed by atoms with Crippen molar-refractivity contribution in [2.75, 3.05) is 6.61 Å². The molecule has 1 aliphatic heterocycles. The fourth-order valence-electron chi connectivity index (χ4n) is 8.66. The van der Waals surface area contributed by atoms with Crippen LogP contribution in [0.1, 0.15) is 88.5 Å². The van der Waals surface area contributed by atoms with Gasteiger partial charge in [-0.1, -0.05) is 33.3 Å². The Kier molecular flexibility index (Phi) is 4.20. The number of hydrogen-bond acceptors (Lipinski definition) is 3. The Balaban J connectivity index is 1.41. The topological polar surface area (TPSA) is 60.3 Å². The second-order valence-electron chi connectivity index (χ2n) is 12.0. The Bertz CT molecular complexity index is 1160. The average molecular weight is 435 g/mol. The van der Waals surface area contributed by atoms with E-state index in [0.29, 0.717) is 28.7 Å². The predicted octanol–water partition coefficient (Wildman–Crippen LogP) is 5.21. The molecular weight excluding hydrogens is 400 g/mol. The summed E-state index contributed by atoms with van der Waals surface area (Å²) in [5.74, 6) is 1.23. The minimum atomic E-state index is -0.193. The number of ether oxygens (including phenoxy) is 1. The first-order chi connectivity index (χ1) is 15.2. The summed E-state index contributed by atoms with van der Waals surface area (Å²) >= 11 is 0. The van der Waals surface area contributed by atoms with Crippen LogP contribution in [0.15, 0.2) is 29.2 Å². The first-order valence-corrected chi connectivity index (χ1v) is 12.4. The van der Waals surface area contributed by atoms with Gasteiger partial charge in [0.1, 0.15) is 17.9 Å². The SMILES string of the molecule is CCCC1COc2cccc3c(=O)c(C(=O)NC45CC6CC(C)(CC(C)(C6)C4)C5)cn1c23. The zero-order valence-electron chi connectivity index (χ0n) is 19.5. The molecule has 1 N–H and O–H groups in total. The number of hydrogen-bond donors (Lipinski definition) is 1. The number of rotatable bonds is 4. The molecule has 4 bridgehead atoms. The first-order valence-electron chi connectivity index (χ1n) is 12.4.